The number of aryl methyl sites for hydroxylation is 2. The van der Waals surface area contributed by atoms with Gasteiger partial charge in [-0.3, -0.25) is 9.78 Å². The highest BCUT2D eigenvalue weighted by atomic mass is 35.5. The molecule has 3 aromatic rings. The van der Waals surface area contributed by atoms with Gasteiger partial charge in [-0.2, -0.15) is 0 Å². The number of halogens is 1. The molecule has 2 aromatic carbocycles. The molecule has 1 saturated carbocycles. The van der Waals surface area contributed by atoms with Crippen LogP contribution in [0.15, 0.2) is 48.7 Å². The third-order valence-corrected chi connectivity index (χ3v) is 5.85. The van der Waals surface area contributed by atoms with Gasteiger partial charge in [-0.1, -0.05) is 28.8 Å². The Morgan fingerprint density at radius 3 is 2.38 bits per heavy atom. The van der Waals surface area contributed by atoms with Crippen LogP contribution in [-0.2, 0) is 0 Å². The van der Waals surface area contributed by atoms with Crippen LogP contribution in [0.3, 0.4) is 0 Å². The van der Waals surface area contributed by atoms with Crippen LogP contribution in [0.4, 0.5) is 5.69 Å². The summed E-state index contributed by atoms with van der Waals surface area (Å²) in [6, 6.07) is 14.4. The number of hydrogen-bond donors (Lipinski definition) is 2. The van der Waals surface area contributed by atoms with E-state index in [1.807, 2.05) is 56.4 Å². The molecule has 0 aliphatic heterocycles. The number of carbonyl (C=O) groups is 1. The van der Waals surface area contributed by atoms with Crippen molar-refractivity contribution in [3.8, 4) is 0 Å². The van der Waals surface area contributed by atoms with Crippen LogP contribution in [-0.4, -0.2) is 23.0 Å². The number of carbonyl (C=O) groups excluding carboxylic acids is 1. The maximum atomic E-state index is 12.6. The Morgan fingerprint density at radius 2 is 1.66 bits per heavy atom. The molecule has 0 radical (unpaired) electrons. The first kappa shape index (κ1) is 19.7. The topological polar surface area (TPSA) is 54.0 Å². The molecule has 0 unspecified atom stereocenters. The number of benzene rings is 2. The van der Waals surface area contributed by atoms with Gasteiger partial charge in [0.2, 0.25) is 0 Å². The molecule has 1 aliphatic carbocycles. The Morgan fingerprint density at radius 1 is 0.966 bits per heavy atom. The highest BCUT2D eigenvalue weighted by Crippen LogP contribution is 2.28. The van der Waals surface area contributed by atoms with Gasteiger partial charge in [0.15, 0.2) is 0 Å². The van der Waals surface area contributed by atoms with Gasteiger partial charge in [0.1, 0.15) is 0 Å². The van der Waals surface area contributed by atoms with Gasteiger partial charge in [-0.25, -0.2) is 0 Å². The lowest BCUT2D eigenvalue weighted by Gasteiger charge is -2.30. The van der Waals surface area contributed by atoms with E-state index < -0.39 is 0 Å². The van der Waals surface area contributed by atoms with E-state index in [-0.39, 0.29) is 11.9 Å². The Bertz CT molecular complexity index is 1020. The fourth-order valence-electron chi connectivity index (χ4n) is 4.22. The van der Waals surface area contributed by atoms with Crippen LogP contribution >= 0.6 is 11.6 Å². The molecule has 29 heavy (non-hydrogen) atoms. The molecule has 5 heteroatoms. The predicted octanol–water partition coefficient (Wildman–Crippen LogP) is 5.66. The van der Waals surface area contributed by atoms with Crippen LogP contribution < -0.4 is 10.6 Å². The van der Waals surface area contributed by atoms with Crippen molar-refractivity contribution in [2.45, 2.75) is 51.6 Å². The number of fused-ring (bicyclic) bond motifs is 1. The van der Waals surface area contributed by atoms with Crippen molar-refractivity contribution in [3.63, 3.8) is 0 Å². The number of anilines is 1. The third-order valence-electron chi connectivity index (χ3n) is 5.61. The van der Waals surface area contributed by atoms with Gasteiger partial charge in [-0.15, -0.1) is 0 Å². The fraction of sp³-hybridized carbons (Fsp3) is 0.333. The fourth-order valence-corrected chi connectivity index (χ4v) is 4.39. The lowest BCUT2D eigenvalue weighted by Crippen LogP contribution is -2.40. The largest absolute Gasteiger partial charge is 0.382 e. The quantitative estimate of drug-likeness (QED) is 0.586. The van der Waals surface area contributed by atoms with Gasteiger partial charge < -0.3 is 10.6 Å². The summed E-state index contributed by atoms with van der Waals surface area (Å²) >= 11 is 6.09. The average Bonchev–Trinajstić information content (AvgIpc) is 2.68. The summed E-state index contributed by atoms with van der Waals surface area (Å²) in [6.07, 6.45) is 5.81. The zero-order valence-corrected chi connectivity index (χ0v) is 17.6. The van der Waals surface area contributed by atoms with Crippen LogP contribution in [0.1, 0.15) is 47.2 Å². The van der Waals surface area contributed by atoms with Crippen molar-refractivity contribution in [2.75, 3.05) is 5.32 Å². The van der Waals surface area contributed by atoms with Gasteiger partial charge in [-0.05, 0) is 75.9 Å². The van der Waals surface area contributed by atoms with E-state index in [4.69, 9.17) is 11.6 Å². The minimum atomic E-state index is 0.0326. The first-order chi connectivity index (χ1) is 14.0. The van der Waals surface area contributed by atoms with Gasteiger partial charge in [0, 0.05) is 39.9 Å². The van der Waals surface area contributed by atoms with E-state index >= 15 is 0 Å². The molecule has 1 amide bonds. The van der Waals surface area contributed by atoms with E-state index in [0.717, 1.165) is 59.0 Å². The summed E-state index contributed by atoms with van der Waals surface area (Å²) in [7, 11) is 0. The summed E-state index contributed by atoms with van der Waals surface area (Å²) in [6.45, 7) is 4.05. The highest BCUT2D eigenvalue weighted by Gasteiger charge is 2.23. The molecule has 1 aromatic heterocycles. The molecule has 4 nitrogen and oxygen atoms in total. The second kappa shape index (κ2) is 8.42. The number of nitrogens with one attached hydrogen (secondary N) is 2. The molecule has 1 fully saturated rings. The zero-order valence-electron chi connectivity index (χ0n) is 16.8. The third kappa shape index (κ3) is 4.70. The maximum Gasteiger partial charge on any atom is 0.251 e. The zero-order chi connectivity index (χ0) is 20.4. The number of aromatic nitrogens is 1. The van der Waals surface area contributed by atoms with Crippen LogP contribution in [0.2, 0.25) is 5.02 Å². The molecule has 0 saturated heterocycles. The number of amides is 1. The molecule has 0 atom stereocenters. The monoisotopic (exact) mass is 407 g/mol. The second-order valence-electron chi connectivity index (χ2n) is 8.06. The van der Waals surface area contributed by atoms with Gasteiger partial charge in [0.05, 0.1) is 5.52 Å². The lowest BCUT2D eigenvalue weighted by atomic mass is 9.90. The van der Waals surface area contributed by atoms with Crippen molar-refractivity contribution in [2.24, 2.45) is 0 Å². The van der Waals surface area contributed by atoms with Crippen LogP contribution in [0.25, 0.3) is 10.9 Å². The van der Waals surface area contributed by atoms with Gasteiger partial charge in [0.25, 0.3) is 5.91 Å². The summed E-state index contributed by atoms with van der Waals surface area (Å²) in [5.74, 6) is 0.0326. The summed E-state index contributed by atoms with van der Waals surface area (Å²) in [5.41, 5.74) is 4.98. The summed E-state index contributed by atoms with van der Waals surface area (Å²) < 4.78 is 0. The standard InChI is InChI=1S/C24H26ClN3O/c1-15-11-16(2)13-17(12-15)24(29)28-20-6-4-19(5-7-20)27-22-9-10-26-23-14-18(25)3-8-21(22)23/h3,8-14,19-20H,4-7H2,1-2H3,(H,26,27)(H,28,29). The van der Waals surface area contributed by atoms with Crippen molar-refractivity contribution < 1.29 is 4.79 Å². The average molecular weight is 408 g/mol. The second-order valence-corrected chi connectivity index (χ2v) is 8.50. The predicted molar refractivity (Wildman–Crippen MR) is 120 cm³/mol. The van der Waals surface area contributed by atoms with E-state index in [9.17, 15) is 4.79 Å². The van der Waals surface area contributed by atoms with Crippen molar-refractivity contribution in [3.05, 3.63) is 70.4 Å². The molecule has 4 rings (SSSR count). The van der Waals surface area contributed by atoms with Crippen LogP contribution in [0, 0.1) is 13.8 Å². The summed E-state index contributed by atoms with van der Waals surface area (Å²) in [4.78, 5) is 17.0. The molecular formula is C24H26ClN3O. The molecule has 2 N–H and O–H groups in total. The highest BCUT2D eigenvalue weighted by molar-refractivity contribution is 6.31. The molecule has 0 bridgehead atoms. The van der Waals surface area contributed by atoms with E-state index in [0.29, 0.717) is 11.1 Å². The summed E-state index contributed by atoms with van der Waals surface area (Å²) in [5, 5.41) is 8.67. The molecule has 1 heterocycles. The van der Waals surface area contributed by atoms with E-state index in [1.165, 1.54) is 0 Å². The molecule has 1 aliphatic rings. The Labute approximate surface area is 176 Å². The lowest BCUT2D eigenvalue weighted by molar-refractivity contribution is 0.0926. The first-order valence-electron chi connectivity index (χ1n) is 10.2. The first-order valence-corrected chi connectivity index (χ1v) is 10.6. The van der Waals surface area contributed by atoms with Gasteiger partial charge >= 0.3 is 0 Å². The molecule has 0 spiro atoms. The van der Waals surface area contributed by atoms with Crippen LogP contribution in [0.5, 0.6) is 0 Å². The smallest absolute Gasteiger partial charge is 0.251 e. The van der Waals surface area contributed by atoms with E-state index in [1.54, 1.807) is 0 Å². The van der Waals surface area contributed by atoms with Crippen molar-refractivity contribution in [1.82, 2.24) is 10.3 Å². The Balaban J connectivity index is 1.36. The number of nitrogens with zero attached hydrogens (tertiary/aromatic N) is 1. The van der Waals surface area contributed by atoms with Crippen molar-refractivity contribution in [1.29, 1.82) is 0 Å². The normalized spacial score (nSPS) is 19.1. The minimum absolute atomic E-state index is 0.0326. The number of hydrogen-bond acceptors (Lipinski definition) is 3. The molecule has 150 valence electrons. The minimum Gasteiger partial charge on any atom is -0.382 e. The Hall–Kier alpha value is -2.59. The van der Waals surface area contributed by atoms with Crippen molar-refractivity contribution >= 4 is 34.1 Å². The number of rotatable bonds is 4. The number of pyridine rings is 1. The Kier molecular flexibility index (Phi) is 5.72. The maximum absolute atomic E-state index is 12.6. The molecular weight excluding hydrogens is 382 g/mol. The SMILES string of the molecule is Cc1cc(C)cc(C(=O)NC2CCC(Nc3ccnc4cc(Cl)ccc34)CC2)c1. The van der Waals surface area contributed by atoms with E-state index in [2.05, 4.69) is 21.7 Å².